The Hall–Kier alpha value is -4.59. The molecule has 0 spiro atoms. The monoisotopic (exact) mass is 555 g/mol. The highest BCUT2D eigenvalue weighted by Crippen LogP contribution is 2.39. The molecule has 1 heterocycles. The van der Waals surface area contributed by atoms with E-state index in [1.807, 2.05) is 36.4 Å². The number of benzene rings is 3. The van der Waals surface area contributed by atoms with E-state index >= 15 is 0 Å². The van der Waals surface area contributed by atoms with Crippen LogP contribution in [0.15, 0.2) is 84.9 Å². The Kier molecular flexibility index (Phi) is 8.67. The molecule has 1 saturated carbocycles. The van der Waals surface area contributed by atoms with Crippen LogP contribution in [0.1, 0.15) is 54.2 Å². The second-order valence-electron chi connectivity index (χ2n) is 10.2. The number of rotatable bonds is 9. The second kappa shape index (κ2) is 12.7. The Morgan fingerprint density at radius 1 is 0.902 bits per heavy atom. The van der Waals surface area contributed by atoms with Gasteiger partial charge in [-0.15, -0.1) is 0 Å². The normalized spacial score (nSPS) is 14.2. The van der Waals surface area contributed by atoms with Crippen molar-refractivity contribution in [2.45, 2.75) is 44.2 Å². The van der Waals surface area contributed by atoms with Gasteiger partial charge in [0.15, 0.2) is 0 Å². The Labute approximate surface area is 239 Å². The molecule has 0 saturated heterocycles. The number of halogens is 1. The fourth-order valence-electron chi connectivity index (χ4n) is 5.38. The summed E-state index contributed by atoms with van der Waals surface area (Å²) in [6.07, 6.45) is 4.95. The number of hydrogen-bond donors (Lipinski definition) is 2. The fourth-order valence-corrected chi connectivity index (χ4v) is 5.38. The van der Waals surface area contributed by atoms with Crippen molar-refractivity contribution in [2.24, 2.45) is 0 Å². The SMILES string of the molecule is COc1ccc(N(C(=O)c2ccc(-c3ccccc3)[nH]2)C(C(=O)NC2CCCCC2)c2ccc(F)cc2)c(OC)c1. The number of nitrogens with one attached hydrogen (secondary N) is 2. The molecule has 3 aromatic carbocycles. The predicted molar refractivity (Wildman–Crippen MR) is 157 cm³/mol. The lowest BCUT2D eigenvalue weighted by atomic mass is 9.94. The van der Waals surface area contributed by atoms with E-state index in [4.69, 9.17) is 9.47 Å². The van der Waals surface area contributed by atoms with Gasteiger partial charge in [-0.1, -0.05) is 61.7 Å². The van der Waals surface area contributed by atoms with Crippen LogP contribution >= 0.6 is 0 Å². The zero-order valence-electron chi connectivity index (χ0n) is 23.2. The standard InChI is InChI=1S/C33H34FN3O4/c1-40-26-17-20-29(30(21-26)41-2)37(33(39)28-19-18-27(36-28)22-9-5-3-6-10-22)31(23-13-15-24(34)16-14-23)32(38)35-25-11-7-4-8-12-25/h3,5-6,9-10,13-21,25,31,36H,4,7-8,11-12H2,1-2H3,(H,35,38). The van der Waals surface area contributed by atoms with Crippen LogP contribution in [0.5, 0.6) is 11.5 Å². The maximum Gasteiger partial charge on any atom is 0.275 e. The number of nitrogens with zero attached hydrogens (tertiary/aromatic N) is 1. The van der Waals surface area contributed by atoms with E-state index in [0.717, 1.165) is 43.4 Å². The number of hydrogen-bond acceptors (Lipinski definition) is 4. The third kappa shape index (κ3) is 6.27. The van der Waals surface area contributed by atoms with Crippen molar-refractivity contribution in [2.75, 3.05) is 19.1 Å². The molecule has 2 N–H and O–H groups in total. The van der Waals surface area contributed by atoms with Crippen LogP contribution in [-0.4, -0.2) is 37.1 Å². The van der Waals surface area contributed by atoms with Gasteiger partial charge in [0.05, 0.1) is 19.9 Å². The van der Waals surface area contributed by atoms with E-state index in [1.165, 1.54) is 24.1 Å². The predicted octanol–water partition coefficient (Wildman–Crippen LogP) is 6.68. The Bertz CT molecular complexity index is 1480. The molecule has 1 fully saturated rings. The lowest BCUT2D eigenvalue weighted by Crippen LogP contribution is -2.47. The molecule has 4 aromatic rings. The number of carbonyl (C=O) groups excluding carboxylic acids is 2. The summed E-state index contributed by atoms with van der Waals surface area (Å²) in [5, 5.41) is 3.18. The zero-order chi connectivity index (χ0) is 28.8. The topological polar surface area (TPSA) is 83.7 Å². The molecule has 1 aliphatic carbocycles. The number of anilines is 1. The summed E-state index contributed by atoms with van der Waals surface area (Å²) in [6.45, 7) is 0. The van der Waals surface area contributed by atoms with Crippen molar-refractivity contribution in [1.29, 1.82) is 0 Å². The molecule has 41 heavy (non-hydrogen) atoms. The van der Waals surface area contributed by atoms with Gasteiger partial charge >= 0.3 is 0 Å². The van der Waals surface area contributed by atoms with Crippen LogP contribution in [0, 0.1) is 5.82 Å². The highest BCUT2D eigenvalue weighted by atomic mass is 19.1. The minimum atomic E-state index is -1.10. The van der Waals surface area contributed by atoms with Crippen molar-refractivity contribution in [3.63, 3.8) is 0 Å². The van der Waals surface area contributed by atoms with Crippen molar-refractivity contribution >= 4 is 17.5 Å². The maximum absolute atomic E-state index is 14.4. The minimum absolute atomic E-state index is 0.00378. The number of carbonyl (C=O) groups is 2. The van der Waals surface area contributed by atoms with Crippen molar-refractivity contribution in [3.8, 4) is 22.8 Å². The average molecular weight is 556 g/mol. The maximum atomic E-state index is 14.4. The fraction of sp³-hybridized carbons (Fsp3) is 0.273. The summed E-state index contributed by atoms with van der Waals surface area (Å²) >= 11 is 0. The molecule has 2 amide bonds. The number of aromatic amines is 1. The second-order valence-corrected chi connectivity index (χ2v) is 10.2. The molecule has 1 unspecified atom stereocenters. The van der Waals surface area contributed by atoms with Gasteiger partial charge in [-0.3, -0.25) is 14.5 Å². The lowest BCUT2D eigenvalue weighted by molar-refractivity contribution is -0.123. The summed E-state index contributed by atoms with van der Waals surface area (Å²) in [6, 6.07) is 22.9. The first-order chi connectivity index (χ1) is 20.0. The molecular formula is C33H34FN3O4. The minimum Gasteiger partial charge on any atom is -0.497 e. The van der Waals surface area contributed by atoms with Crippen molar-refractivity contribution in [1.82, 2.24) is 10.3 Å². The van der Waals surface area contributed by atoms with Gasteiger partial charge in [0.25, 0.3) is 5.91 Å². The van der Waals surface area contributed by atoms with Gasteiger partial charge in [-0.25, -0.2) is 4.39 Å². The third-order valence-electron chi connectivity index (χ3n) is 7.51. The van der Waals surface area contributed by atoms with E-state index in [9.17, 15) is 14.0 Å². The van der Waals surface area contributed by atoms with E-state index in [2.05, 4.69) is 10.3 Å². The largest absolute Gasteiger partial charge is 0.497 e. The smallest absolute Gasteiger partial charge is 0.275 e. The molecule has 7 nitrogen and oxygen atoms in total. The van der Waals surface area contributed by atoms with Crippen molar-refractivity contribution in [3.05, 3.63) is 102 Å². The van der Waals surface area contributed by atoms with Crippen LogP contribution in [0.2, 0.25) is 0 Å². The quantitative estimate of drug-likeness (QED) is 0.242. The number of methoxy groups -OCH3 is 2. The summed E-state index contributed by atoms with van der Waals surface area (Å²) in [4.78, 5) is 33.2. The highest BCUT2D eigenvalue weighted by Gasteiger charge is 2.36. The molecule has 0 bridgehead atoms. The molecular weight excluding hydrogens is 521 g/mol. The molecule has 1 aromatic heterocycles. The number of H-pyrrole nitrogens is 1. The third-order valence-corrected chi connectivity index (χ3v) is 7.51. The average Bonchev–Trinajstić information content (AvgIpc) is 3.51. The first kappa shape index (κ1) is 28.0. The van der Waals surface area contributed by atoms with Gasteiger partial charge < -0.3 is 19.8 Å². The van der Waals surface area contributed by atoms with Gasteiger partial charge in [-0.2, -0.15) is 0 Å². The molecule has 0 radical (unpaired) electrons. The van der Waals surface area contributed by atoms with Crippen LogP contribution in [0.3, 0.4) is 0 Å². The Balaban J connectivity index is 1.63. The number of aromatic nitrogens is 1. The molecule has 5 rings (SSSR count). The summed E-state index contributed by atoms with van der Waals surface area (Å²) < 4.78 is 25.1. The molecule has 1 atom stereocenters. The van der Waals surface area contributed by atoms with E-state index in [-0.39, 0.29) is 11.9 Å². The summed E-state index contributed by atoms with van der Waals surface area (Å²) in [5.41, 5.74) is 2.83. The van der Waals surface area contributed by atoms with Crippen LogP contribution < -0.4 is 19.7 Å². The number of amides is 2. The summed E-state index contributed by atoms with van der Waals surface area (Å²) in [5.74, 6) is -0.329. The first-order valence-corrected chi connectivity index (χ1v) is 13.8. The van der Waals surface area contributed by atoms with E-state index < -0.39 is 17.8 Å². The van der Waals surface area contributed by atoms with Crippen LogP contribution in [0.25, 0.3) is 11.3 Å². The van der Waals surface area contributed by atoms with Gasteiger partial charge in [0, 0.05) is 17.8 Å². The van der Waals surface area contributed by atoms with Gasteiger partial charge in [0.2, 0.25) is 5.91 Å². The molecule has 0 aliphatic heterocycles. The molecule has 212 valence electrons. The lowest BCUT2D eigenvalue weighted by Gasteiger charge is -2.34. The highest BCUT2D eigenvalue weighted by molar-refractivity contribution is 6.10. The van der Waals surface area contributed by atoms with Gasteiger partial charge in [-0.05, 0) is 60.4 Å². The molecule has 1 aliphatic rings. The number of ether oxygens (including phenoxy) is 2. The Morgan fingerprint density at radius 2 is 1.63 bits per heavy atom. The first-order valence-electron chi connectivity index (χ1n) is 13.8. The van der Waals surface area contributed by atoms with Gasteiger partial charge in [0.1, 0.15) is 29.1 Å². The summed E-state index contributed by atoms with van der Waals surface area (Å²) in [7, 11) is 3.04. The molecule has 8 heteroatoms. The van der Waals surface area contributed by atoms with Crippen LogP contribution in [0.4, 0.5) is 10.1 Å². The van der Waals surface area contributed by atoms with E-state index in [0.29, 0.717) is 28.4 Å². The van der Waals surface area contributed by atoms with E-state index in [1.54, 1.807) is 43.5 Å². The zero-order valence-corrected chi connectivity index (χ0v) is 23.2. The van der Waals surface area contributed by atoms with Crippen molar-refractivity contribution < 1.29 is 23.5 Å². The van der Waals surface area contributed by atoms with Crippen LogP contribution in [-0.2, 0) is 4.79 Å². The Morgan fingerprint density at radius 3 is 2.32 bits per heavy atom.